The van der Waals surface area contributed by atoms with Gasteiger partial charge in [-0.3, -0.25) is 9.59 Å². The standard InChI is InChI=1S/C18H16ClFN2O2/c1-2-22-16-7-5-13(9-11(16)4-8-17(22)23)21-18(24)12-3-6-15(20)14(19)10-12/h3,5-7,9-10H,2,4,8H2,1H3,(H,21,24). The molecule has 1 heterocycles. The predicted molar refractivity (Wildman–Crippen MR) is 92.2 cm³/mol. The number of amides is 2. The first kappa shape index (κ1) is 16.5. The van der Waals surface area contributed by atoms with Gasteiger partial charge in [0.1, 0.15) is 5.82 Å². The summed E-state index contributed by atoms with van der Waals surface area (Å²) >= 11 is 5.71. The maximum absolute atomic E-state index is 13.2. The van der Waals surface area contributed by atoms with Crippen LogP contribution in [-0.4, -0.2) is 18.4 Å². The van der Waals surface area contributed by atoms with E-state index in [0.717, 1.165) is 17.3 Å². The molecule has 2 aromatic rings. The molecule has 6 heteroatoms. The zero-order chi connectivity index (χ0) is 17.3. The van der Waals surface area contributed by atoms with Crippen LogP contribution in [0, 0.1) is 5.82 Å². The topological polar surface area (TPSA) is 49.4 Å². The van der Waals surface area contributed by atoms with Crippen molar-refractivity contribution in [3.63, 3.8) is 0 Å². The minimum Gasteiger partial charge on any atom is -0.322 e. The number of hydrogen-bond donors (Lipinski definition) is 1. The lowest BCUT2D eigenvalue weighted by molar-refractivity contribution is -0.118. The number of nitrogens with one attached hydrogen (secondary N) is 1. The molecule has 0 unspecified atom stereocenters. The van der Waals surface area contributed by atoms with Gasteiger partial charge < -0.3 is 10.2 Å². The Labute approximate surface area is 144 Å². The fraction of sp³-hybridized carbons (Fsp3) is 0.222. The second-order valence-corrected chi connectivity index (χ2v) is 5.97. The van der Waals surface area contributed by atoms with Crippen molar-refractivity contribution >= 4 is 34.8 Å². The van der Waals surface area contributed by atoms with Gasteiger partial charge in [-0.05, 0) is 55.3 Å². The average molecular weight is 347 g/mol. The molecule has 0 fully saturated rings. The Bertz CT molecular complexity index is 823. The van der Waals surface area contributed by atoms with Gasteiger partial charge in [0.15, 0.2) is 0 Å². The van der Waals surface area contributed by atoms with Crippen molar-refractivity contribution in [3.05, 3.63) is 58.4 Å². The van der Waals surface area contributed by atoms with Crippen LogP contribution in [0.25, 0.3) is 0 Å². The molecule has 0 spiro atoms. The van der Waals surface area contributed by atoms with Crippen LogP contribution in [0.3, 0.4) is 0 Å². The largest absolute Gasteiger partial charge is 0.322 e. The summed E-state index contributed by atoms with van der Waals surface area (Å²) in [6.45, 7) is 2.55. The van der Waals surface area contributed by atoms with E-state index < -0.39 is 5.82 Å². The lowest BCUT2D eigenvalue weighted by Gasteiger charge is -2.28. The number of hydrogen-bond acceptors (Lipinski definition) is 2. The van der Waals surface area contributed by atoms with Crippen molar-refractivity contribution in [2.45, 2.75) is 19.8 Å². The Kier molecular flexibility index (Phi) is 4.53. The number of carbonyl (C=O) groups excluding carboxylic acids is 2. The van der Waals surface area contributed by atoms with E-state index in [-0.39, 0.29) is 22.4 Å². The van der Waals surface area contributed by atoms with Gasteiger partial charge in [-0.15, -0.1) is 0 Å². The Balaban J connectivity index is 1.82. The number of aryl methyl sites for hydroxylation is 1. The van der Waals surface area contributed by atoms with Crippen LogP contribution in [0.5, 0.6) is 0 Å². The summed E-state index contributed by atoms with van der Waals surface area (Å²) in [6.07, 6.45) is 1.11. The first-order valence-electron chi connectivity index (χ1n) is 7.69. The number of rotatable bonds is 3. The van der Waals surface area contributed by atoms with Gasteiger partial charge in [-0.1, -0.05) is 11.6 Å². The number of nitrogens with zero attached hydrogens (tertiary/aromatic N) is 1. The molecule has 24 heavy (non-hydrogen) atoms. The Morgan fingerprint density at radius 3 is 2.75 bits per heavy atom. The van der Waals surface area contributed by atoms with Crippen molar-refractivity contribution in [1.29, 1.82) is 0 Å². The molecule has 1 aliphatic rings. The van der Waals surface area contributed by atoms with Crippen molar-refractivity contribution in [2.75, 3.05) is 16.8 Å². The van der Waals surface area contributed by atoms with Crippen LogP contribution in [0.15, 0.2) is 36.4 Å². The Hall–Kier alpha value is -2.40. The predicted octanol–water partition coefficient (Wildman–Crippen LogP) is 4.03. The summed E-state index contributed by atoms with van der Waals surface area (Å²) < 4.78 is 13.2. The van der Waals surface area contributed by atoms with Crippen LogP contribution in [0.1, 0.15) is 29.3 Å². The first-order chi connectivity index (χ1) is 11.5. The van der Waals surface area contributed by atoms with Crippen LogP contribution >= 0.6 is 11.6 Å². The number of fused-ring (bicyclic) bond motifs is 1. The van der Waals surface area contributed by atoms with Crippen molar-refractivity contribution in [2.24, 2.45) is 0 Å². The van der Waals surface area contributed by atoms with Crippen molar-refractivity contribution in [3.8, 4) is 0 Å². The van der Waals surface area contributed by atoms with Gasteiger partial charge in [-0.25, -0.2) is 4.39 Å². The maximum Gasteiger partial charge on any atom is 0.255 e. The summed E-state index contributed by atoms with van der Waals surface area (Å²) in [7, 11) is 0. The quantitative estimate of drug-likeness (QED) is 0.912. The molecule has 1 aliphatic heterocycles. The highest BCUT2D eigenvalue weighted by Gasteiger charge is 2.23. The van der Waals surface area contributed by atoms with E-state index in [1.165, 1.54) is 12.1 Å². The van der Waals surface area contributed by atoms with E-state index in [4.69, 9.17) is 11.6 Å². The van der Waals surface area contributed by atoms with Gasteiger partial charge in [0.2, 0.25) is 5.91 Å². The lowest BCUT2D eigenvalue weighted by atomic mass is 10.0. The van der Waals surface area contributed by atoms with Gasteiger partial charge in [0.05, 0.1) is 5.02 Å². The molecular weight excluding hydrogens is 331 g/mol. The van der Waals surface area contributed by atoms with Gasteiger partial charge >= 0.3 is 0 Å². The minimum atomic E-state index is -0.564. The fourth-order valence-corrected chi connectivity index (χ4v) is 3.01. The summed E-state index contributed by atoms with van der Waals surface area (Å²) in [5, 5.41) is 2.68. The summed E-state index contributed by atoms with van der Waals surface area (Å²) in [4.78, 5) is 25.9. The summed E-state index contributed by atoms with van der Waals surface area (Å²) in [5.41, 5.74) is 2.82. The molecular formula is C18H16ClFN2O2. The molecule has 4 nitrogen and oxygen atoms in total. The number of carbonyl (C=O) groups is 2. The van der Waals surface area contributed by atoms with Gasteiger partial charge in [0.25, 0.3) is 5.91 Å². The molecule has 124 valence electrons. The summed E-state index contributed by atoms with van der Waals surface area (Å²) in [6, 6.07) is 9.29. The SMILES string of the molecule is CCN1C(=O)CCc2cc(NC(=O)c3ccc(F)c(Cl)c3)ccc21. The smallest absolute Gasteiger partial charge is 0.255 e. The molecule has 0 saturated carbocycles. The molecule has 0 saturated heterocycles. The number of benzene rings is 2. The van der Waals surface area contributed by atoms with E-state index in [1.807, 2.05) is 19.1 Å². The van der Waals surface area contributed by atoms with E-state index in [2.05, 4.69) is 5.32 Å². The van der Waals surface area contributed by atoms with Crippen molar-refractivity contribution < 1.29 is 14.0 Å². The van der Waals surface area contributed by atoms with Crippen LogP contribution < -0.4 is 10.2 Å². The van der Waals surface area contributed by atoms with Crippen LogP contribution in [-0.2, 0) is 11.2 Å². The molecule has 0 radical (unpaired) electrons. The zero-order valence-electron chi connectivity index (χ0n) is 13.1. The molecule has 2 aromatic carbocycles. The summed E-state index contributed by atoms with van der Waals surface area (Å²) in [5.74, 6) is -0.815. The highest BCUT2D eigenvalue weighted by atomic mass is 35.5. The molecule has 1 N–H and O–H groups in total. The zero-order valence-corrected chi connectivity index (χ0v) is 13.9. The molecule has 2 amide bonds. The highest BCUT2D eigenvalue weighted by molar-refractivity contribution is 6.31. The second kappa shape index (κ2) is 6.61. The molecule has 3 rings (SSSR count). The Morgan fingerprint density at radius 1 is 1.25 bits per heavy atom. The number of halogens is 2. The van der Waals surface area contributed by atoms with E-state index in [0.29, 0.717) is 25.1 Å². The molecule has 0 bridgehead atoms. The number of anilines is 2. The normalized spacial score (nSPS) is 13.6. The second-order valence-electron chi connectivity index (χ2n) is 5.56. The van der Waals surface area contributed by atoms with E-state index in [1.54, 1.807) is 11.0 Å². The Morgan fingerprint density at radius 2 is 2.04 bits per heavy atom. The van der Waals surface area contributed by atoms with E-state index >= 15 is 0 Å². The minimum absolute atomic E-state index is 0.0924. The fourth-order valence-electron chi connectivity index (χ4n) is 2.83. The third-order valence-corrected chi connectivity index (χ3v) is 4.33. The molecule has 0 aliphatic carbocycles. The molecule has 0 aromatic heterocycles. The van der Waals surface area contributed by atoms with Crippen LogP contribution in [0.2, 0.25) is 5.02 Å². The lowest BCUT2D eigenvalue weighted by Crippen LogP contribution is -2.34. The van der Waals surface area contributed by atoms with E-state index in [9.17, 15) is 14.0 Å². The molecule has 0 atom stereocenters. The third-order valence-electron chi connectivity index (χ3n) is 4.04. The van der Waals surface area contributed by atoms with Gasteiger partial charge in [0, 0.05) is 29.9 Å². The van der Waals surface area contributed by atoms with Crippen LogP contribution in [0.4, 0.5) is 15.8 Å². The van der Waals surface area contributed by atoms with Crippen molar-refractivity contribution in [1.82, 2.24) is 0 Å². The monoisotopic (exact) mass is 346 g/mol. The third kappa shape index (κ3) is 3.12. The first-order valence-corrected chi connectivity index (χ1v) is 8.07. The maximum atomic E-state index is 13.2. The average Bonchev–Trinajstić information content (AvgIpc) is 2.57. The van der Waals surface area contributed by atoms with Gasteiger partial charge in [-0.2, -0.15) is 0 Å². The highest BCUT2D eigenvalue weighted by Crippen LogP contribution is 2.30.